The summed E-state index contributed by atoms with van der Waals surface area (Å²) in [6.07, 6.45) is 4.57. The van der Waals surface area contributed by atoms with Crippen LogP contribution in [0.15, 0.2) is 18.3 Å². The molecule has 1 aliphatic rings. The lowest BCUT2D eigenvalue weighted by atomic mass is 10.0. The molecule has 1 N–H and O–H groups in total. The summed E-state index contributed by atoms with van der Waals surface area (Å²) in [6, 6.07) is 4.65. The molecule has 0 aromatic carbocycles. The van der Waals surface area contributed by atoms with Gasteiger partial charge >= 0.3 is 0 Å². The average molecular weight is 219 g/mol. The Bertz CT molecular complexity index is 352. The monoisotopic (exact) mass is 219 g/mol. The number of nitrogens with zero attached hydrogens (tertiary/aromatic N) is 2. The van der Waals surface area contributed by atoms with Gasteiger partial charge in [-0.15, -0.1) is 0 Å². The minimum Gasteiger partial charge on any atom is -0.376 e. The molecule has 3 heteroatoms. The molecule has 2 rings (SSSR count). The highest BCUT2D eigenvalue weighted by Crippen LogP contribution is 2.48. The molecule has 88 valence electrons. The van der Waals surface area contributed by atoms with Crippen LogP contribution < -0.4 is 10.2 Å². The molecular formula is C13H21N3. The van der Waals surface area contributed by atoms with E-state index in [1.807, 2.05) is 20.3 Å². The first-order valence-corrected chi connectivity index (χ1v) is 5.91. The van der Waals surface area contributed by atoms with E-state index < -0.39 is 0 Å². The average Bonchev–Trinajstić information content (AvgIpc) is 2.99. The summed E-state index contributed by atoms with van der Waals surface area (Å²) in [5, 5.41) is 3.48. The number of hydrogen-bond donors (Lipinski definition) is 1. The number of anilines is 2. The van der Waals surface area contributed by atoms with Crippen LogP contribution in [-0.2, 0) is 0 Å². The summed E-state index contributed by atoms with van der Waals surface area (Å²) >= 11 is 0. The van der Waals surface area contributed by atoms with E-state index in [-0.39, 0.29) is 0 Å². The Kier molecular flexibility index (Phi) is 2.78. The number of nitrogens with one attached hydrogen (secondary N) is 1. The van der Waals surface area contributed by atoms with Gasteiger partial charge in [0.25, 0.3) is 0 Å². The van der Waals surface area contributed by atoms with Crippen molar-refractivity contribution in [3.63, 3.8) is 0 Å². The zero-order valence-corrected chi connectivity index (χ0v) is 10.6. The molecule has 1 atom stereocenters. The molecule has 0 radical (unpaired) electrons. The van der Waals surface area contributed by atoms with Crippen LogP contribution in [-0.4, -0.2) is 25.1 Å². The third-order valence-electron chi connectivity index (χ3n) is 3.71. The van der Waals surface area contributed by atoms with Crippen LogP contribution >= 0.6 is 0 Å². The fourth-order valence-corrected chi connectivity index (χ4v) is 1.76. The van der Waals surface area contributed by atoms with Gasteiger partial charge in [0.05, 0.1) is 11.9 Å². The Balaban J connectivity index is 1.99. The predicted octanol–water partition coefficient (Wildman–Crippen LogP) is 2.75. The Morgan fingerprint density at radius 1 is 1.38 bits per heavy atom. The smallest absolute Gasteiger partial charge is 0.126 e. The second kappa shape index (κ2) is 3.96. The number of pyridine rings is 1. The van der Waals surface area contributed by atoms with E-state index in [0.717, 1.165) is 11.5 Å². The maximum absolute atomic E-state index is 4.43. The molecule has 0 bridgehead atoms. The summed E-state index contributed by atoms with van der Waals surface area (Å²) < 4.78 is 0. The zero-order valence-electron chi connectivity index (χ0n) is 10.6. The quantitative estimate of drug-likeness (QED) is 0.844. The van der Waals surface area contributed by atoms with E-state index >= 15 is 0 Å². The molecule has 1 aromatic rings. The van der Waals surface area contributed by atoms with Gasteiger partial charge < -0.3 is 10.2 Å². The van der Waals surface area contributed by atoms with E-state index in [1.54, 1.807) is 0 Å². The van der Waals surface area contributed by atoms with Crippen molar-refractivity contribution in [2.45, 2.75) is 32.7 Å². The fourth-order valence-electron chi connectivity index (χ4n) is 1.76. The van der Waals surface area contributed by atoms with Gasteiger partial charge in [0, 0.05) is 20.1 Å². The van der Waals surface area contributed by atoms with Crippen molar-refractivity contribution in [1.29, 1.82) is 0 Å². The fraction of sp³-hybridized carbons (Fsp3) is 0.615. The van der Waals surface area contributed by atoms with Gasteiger partial charge in [-0.2, -0.15) is 0 Å². The SMILES string of the molecule is CC(Nc1ccc(N(C)C)cn1)C1(C)CC1. The van der Waals surface area contributed by atoms with Gasteiger partial charge in [-0.05, 0) is 37.3 Å². The Hall–Kier alpha value is -1.25. The first kappa shape index (κ1) is 11.2. The second-order valence-electron chi connectivity index (χ2n) is 5.32. The molecule has 1 fully saturated rings. The van der Waals surface area contributed by atoms with Crippen molar-refractivity contribution >= 4 is 11.5 Å². The molecule has 1 heterocycles. The van der Waals surface area contributed by atoms with E-state index in [2.05, 4.69) is 41.2 Å². The van der Waals surface area contributed by atoms with Gasteiger partial charge in [-0.1, -0.05) is 6.92 Å². The first-order chi connectivity index (χ1) is 7.51. The third-order valence-corrected chi connectivity index (χ3v) is 3.71. The molecule has 3 nitrogen and oxygen atoms in total. The molecule has 0 amide bonds. The maximum Gasteiger partial charge on any atom is 0.126 e. The molecule has 1 aliphatic carbocycles. The van der Waals surface area contributed by atoms with E-state index in [0.29, 0.717) is 11.5 Å². The molecule has 0 saturated heterocycles. The van der Waals surface area contributed by atoms with Crippen molar-refractivity contribution in [3.05, 3.63) is 18.3 Å². The minimum atomic E-state index is 0.488. The summed E-state index contributed by atoms with van der Waals surface area (Å²) in [6.45, 7) is 4.58. The van der Waals surface area contributed by atoms with Crippen LogP contribution in [0, 0.1) is 5.41 Å². The van der Waals surface area contributed by atoms with E-state index in [1.165, 1.54) is 12.8 Å². The first-order valence-electron chi connectivity index (χ1n) is 5.91. The van der Waals surface area contributed by atoms with Crippen molar-refractivity contribution in [3.8, 4) is 0 Å². The normalized spacial score (nSPS) is 19.0. The van der Waals surface area contributed by atoms with Crippen molar-refractivity contribution < 1.29 is 0 Å². The molecular weight excluding hydrogens is 198 g/mol. The van der Waals surface area contributed by atoms with Crippen molar-refractivity contribution in [2.75, 3.05) is 24.3 Å². The Morgan fingerprint density at radius 3 is 2.50 bits per heavy atom. The predicted molar refractivity (Wildman–Crippen MR) is 69.0 cm³/mol. The highest BCUT2D eigenvalue weighted by molar-refractivity contribution is 5.48. The molecule has 0 spiro atoms. The Labute approximate surface area is 97.9 Å². The maximum atomic E-state index is 4.43. The lowest BCUT2D eigenvalue weighted by molar-refractivity contribution is 0.492. The minimum absolute atomic E-state index is 0.488. The zero-order chi connectivity index (χ0) is 11.8. The van der Waals surface area contributed by atoms with Gasteiger partial charge in [0.1, 0.15) is 5.82 Å². The topological polar surface area (TPSA) is 28.2 Å². The highest BCUT2D eigenvalue weighted by atomic mass is 15.1. The Morgan fingerprint density at radius 2 is 2.06 bits per heavy atom. The van der Waals surface area contributed by atoms with Crippen LogP contribution in [0.4, 0.5) is 11.5 Å². The second-order valence-corrected chi connectivity index (χ2v) is 5.32. The molecule has 0 aliphatic heterocycles. The van der Waals surface area contributed by atoms with Crippen LogP contribution in [0.2, 0.25) is 0 Å². The highest BCUT2D eigenvalue weighted by Gasteiger charge is 2.42. The number of aromatic nitrogens is 1. The number of hydrogen-bond acceptors (Lipinski definition) is 3. The summed E-state index contributed by atoms with van der Waals surface area (Å²) in [5.41, 5.74) is 1.62. The van der Waals surface area contributed by atoms with Crippen molar-refractivity contribution in [2.24, 2.45) is 5.41 Å². The largest absolute Gasteiger partial charge is 0.376 e. The van der Waals surface area contributed by atoms with Gasteiger partial charge in [0.15, 0.2) is 0 Å². The van der Waals surface area contributed by atoms with Gasteiger partial charge in [-0.25, -0.2) is 4.98 Å². The summed E-state index contributed by atoms with van der Waals surface area (Å²) in [5.74, 6) is 0.978. The van der Waals surface area contributed by atoms with Gasteiger partial charge in [-0.3, -0.25) is 0 Å². The lowest BCUT2D eigenvalue weighted by Crippen LogP contribution is -2.25. The standard InChI is InChI=1S/C13H21N3/c1-10(13(2)7-8-13)15-12-6-5-11(9-14-12)16(3)4/h5-6,9-10H,7-8H2,1-4H3,(H,14,15). The molecule has 16 heavy (non-hydrogen) atoms. The van der Waals surface area contributed by atoms with Gasteiger partial charge in [0.2, 0.25) is 0 Å². The molecule has 1 unspecified atom stereocenters. The van der Waals surface area contributed by atoms with E-state index in [9.17, 15) is 0 Å². The summed E-state index contributed by atoms with van der Waals surface area (Å²) in [4.78, 5) is 6.49. The van der Waals surface area contributed by atoms with Crippen LogP contribution in [0.1, 0.15) is 26.7 Å². The summed E-state index contributed by atoms with van der Waals surface area (Å²) in [7, 11) is 4.05. The van der Waals surface area contributed by atoms with Crippen molar-refractivity contribution in [1.82, 2.24) is 4.98 Å². The third kappa shape index (κ3) is 2.29. The van der Waals surface area contributed by atoms with E-state index in [4.69, 9.17) is 0 Å². The van der Waals surface area contributed by atoms with Crippen LogP contribution in [0.25, 0.3) is 0 Å². The van der Waals surface area contributed by atoms with Crippen LogP contribution in [0.5, 0.6) is 0 Å². The number of rotatable bonds is 4. The van der Waals surface area contributed by atoms with Crippen LogP contribution in [0.3, 0.4) is 0 Å². The molecule has 1 aromatic heterocycles. The lowest BCUT2D eigenvalue weighted by Gasteiger charge is -2.21. The molecule has 1 saturated carbocycles.